The highest BCUT2D eigenvalue weighted by molar-refractivity contribution is 7.99. The molecule has 2 aliphatic rings. The molecule has 0 aromatic carbocycles. The molecule has 8 heteroatoms. The predicted molar refractivity (Wildman–Crippen MR) is 126 cm³/mol. The van der Waals surface area contributed by atoms with Crippen LogP contribution in [-0.4, -0.2) is 26.4 Å². The summed E-state index contributed by atoms with van der Waals surface area (Å²) < 4.78 is 2.16. The van der Waals surface area contributed by atoms with E-state index in [0.29, 0.717) is 22.4 Å². The van der Waals surface area contributed by atoms with Gasteiger partial charge in [0.15, 0.2) is 5.16 Å². The highest BCUT2D eigenvalue weighted by Gasteiger charge is 2.33. The molecule has 0 spiro atoms. The number of aromatic nitrogens is 3. The van der Waals surface area contributed by atoms with Crippen LogP contribution in [0.1, 0.15) is 87.7 Å². The van der Waals surface area contributed by atoms with Gasteiger partial charge in [-0.05, 0) is 62.8 Å². The smallest absolute Gasteiger partial charge is 0.235 e. The van der Waals surface area contributed by atoms with Crippen LogP contribution in [-0.2, 0) is 17.6 Å². The van der Waals surface area contributed by atoms with E-state index in [1.54, 1.807) is 11.3 Å². The Morgan fingerprint density at radius 1 is 1.32 bits per heavy atom. The van der Waals surface area contributed by atoms with Crippen LogP contribution in [0.3, 0.4) is 0 Å². The zero-order valence-corrected chi connectivity index (χ0v) is 20.6. The maximum atomic E-state index is 12.7. The number of hydrogen-bond acceptors (Lipinski definition) is 6. The summed E-state index contributed by atoms with van der Waals surface area (Å²) in [5.74, 6) is 2.33. The summed E-state index contributed by atoms with van der Waals surface area (Å²) in [7, 11) is 0. The standard InChI is InChI=1S/C23H31N5OS2/c1-13(2)28-20(14-6-7-14)26-27-22(28)30-12-19(29)25-21-17(11-24)16-9-8-15(23(3,4)5)10-18(16)31-21/h13-15H,6-10,12H2,1-5H3,(H,25,29). The van der Waals surface area contributed by atoms with Gasteiger partial charge in [-0.25, -0.2) is 0 Å². The van der Waals surface area contributed by atoms with Crippen LogP contribution in [0.15, 0.2) is 5.16 Å². The van der Waals surface area contributed by atoms with Gasteiger partial charge in [0.05, 0.1) is 11.3 Å². The van der Waals surface area contributed by atoms with Gasteiger partial charge in [0.1, 0.15) is 16.9 Å². The second-order valence-electron chi connectivity index (χ2n) is 10.0. The maximum absolute atomic E-state index is 12.7. The molecule has 2 aliphatic carbocycles. The number of carbonyl (C=O) groups excluding carboxylic acids is 1. The van der Waals surface area contributed by atoms with Gasteiger partial charge in [-0.2, -0.15) is 5.26 Å². The minimum absolute atomic E-state index is 0.0984. The molecule has 1 fully saturated rings. The fourth-order valence-electron chi connectivity index (χ4n) is 4.32. The first kappa shape index (κ1) is 22.3. The number of nitriles is 1. The van der Waals surface area contributed by atoms with Gasteiger partial charge < -0.3 is 9.88 Å². The fraction of sp³-hybridized carbons (Fsp3) is 0.652. The lowest BCUT2D eigenvalue weighted by atomic mass is 9.72. The van der Waals surface area contributed by atoms with Crippen molar-refractivity contribution in [2.75, 3.05) is 11.1 Å². The Morgan fingerprint density at radius 2 is 2.06 bits per heavy atom. The Kier molecular flexibility index (Phi) is 6.19. The van der Waals surface area contributed by atoms with E-state index < -0.39 is 0 Å². The lowest BCUT2D eigenvalue weighted by Crippen LogP contribution is -2.26. The Balaban J connectivity index is 1.44. The highest BCUT2D eigenvalue weighted by Crippen LogP contribution is 2.44. The molecule has 1 N–H and O–H groups in total. The van der Waals surface area contributed by atoms with Gasteiger partial charge in [0.25, 0.3) is 0 Å². The molecule has 4 rings (SSSR count). The molecule has 1 amide bonds. The number of carbonyl (C=O) groups is 1. The van der Waals surface area contributed by atoms with Crippen molar-refractivity contribution < 1.29 is 4.79 Å². The Bertz CT molecular complexity index is 1020. The second kappa shape index (κ2) is 8.59. The van der Waals surface area contributed by atoms with E-state index in [-0.39, 0.29) is 23.1 Å². The van der Waals surface area contributed by atoms with Crippen molar-refractivity contribution in [1.29, 1.82) is 5.26 Å². The van der Waals surface area contributed by atoms with Crippen LogP contribution < -0.4 is 5.32 Å². The van der Waals surface area contributed by atoms with Crippen LogP contribution >= 0.6 is 23.1 Å². The van der Waals surface area contributed by atoms with E-state index in [1.807, 2.05) is 0 Å². The third-order valence-electron chi connectivity index (χ3n) is 6.34. The van der Waals surface area contributed by atoms with Crippen molar-refractivity contribution in [3.63, 3.8) is 0 Å². The van der Waals surface area contributed by atoms with Gasteiger partial charge >= 0.3 is 0 Å². The van der Waals surface area contributed by atoms with E-state index in [4.69, 9.17) is 0 Å². The molecule has 1 atom stereocenters. The number of thioether (sulfide) groups is 1. The summed E-state index contributed by atoms with van der Waals surface area (Å²) in [6.45, 7) is 11.1. The molecule has 2 aromatic heterocycles. The molecular formula is C23H31N5OS2. The van der Waals surface area contributed by atoms with Crippen LogP contribution in [0, 0.1) is 22.7 Å². The molecule has 0 aliphatic heterocycles. The Morgan fingerprint density at radius 3 is 2.68 bits per heavy atom. The lowest BCUT2D eigenvalue weighted by Gasteiger charge is -2.33. The van der Waals surface area contributed by atoms with E-state index in [0.717, 1.165) is 35.8 Å². The number of thiophene rings is 1. The summed E-state index contributed by atoms with van der Waals surface area (Å²) in [5, 5.41) is 23.0. The van der Waals surface area contributed by atoms with Crippen molar-refractivity contribution in [1.82, 2.24) is 14.8 Å². The zero-order chi connectivity index (χ0) is 22.3. The van der Waals surface area contributed by atoms with Crippen molar-refractivity contribution in [2.24, 2.45) is 11.3 Å². The summed E-state index contributed by atoms with van der Waals surface area (Å²) in [6.07, 6.45) is 5.35. The molecule has 166 valence electrons. The molecule has 2 heterocycles. The fourth-order valence-corrected chi connectivity index (χ4v) is 6.48. The van der Waals surface area contributed by atoms with E-state index in [2.05, 4.69) is 60.8 Å². The number of hydrogen-bond donors (Lipinski definition) is 1. The number of amides is 1. The second-order valence-corrected chi connectivity index (χ2v) is 12.1. The topological polar surface area (TPSA) is 83.6 Å². The molecule has 0 radical (unpaired) electrons. The molecule has 0 saturated heterocycles. The van der Waals surface area contributed by atoms with Crippen LogP contribution in [0.4, 0.5) is 5.00 Å². The molecule has 31 heavy (non-hydrogen) atoms. The minimum Gasteiger partial charge on any atom is -0.316 e. The lowest BCUT2D eigenvalue weighted by molar-refractivity contribution is -0.113. The molecular weight excluding hydrogens is 426 g/mol. The third kappa shape index (κ3) is 4.68. The Labute approximate surface area is 192 Å². The average molecular weight is 458 g/mol. The molecule has 6 nitrogen and oxygen atoms in total. The maximum Gasteiger partial charge on any atom is 0.235 e. The summed E-state index contributed by atoms with van der Waals surface area (Å²) >= 11 is 3.00. The molecule has 2 aromatic rings. The first-order valence-electron chi connectivity index (χ1n) is 11.1. The number of anilines is 1. The highest BCUT2D eigenvalue weighted by atomic mass is 32.2. The van der Waals surface area contributed by atoms with Gasteiger partial charge in [-0.1, -0.05) is 32.5 Å². The van der Waals surface area contributed by atoms with Gasteiger partial charge in [0.2, 0.25) is 5.91 Å². The van der Waals surface area contributed by atoms with Crippen molar-refractivity contribution in [3.8, 4) is 6.07 Å². The van der Waals surface area contributed by atoms with Crippen molar-refractivity contribution in [2.45, 2.75) is 83.8 Å². The predicted octanol–water partition coefficient (Wildman–Crippen LogP) is 5.55. The van der Waals surface area contributed by atoms with E-state index >= 15 is 0 Å². The number of rotatable bonds is 6. The summed E-state index contributed by atoms with van der Waals surface area (Å²) in [5.41, 5.74) is 2.05. The van der Waals surface area contributed by atoms with Crippen molar-refractivity contribution in [3.05, 3.63) is 21.8 Å². The van der Waals surface area contributed by atoms with E-state index in [1.165, 1.54) is 29.5 Å². The largest absolute Gasteiger partial charge is 0.316 e. The first-order valence-corrected chi connectivity index (χ1v) is 12.9. The molecule has 1 unspecified atom stereocenters. The van der Waals surface area contributed by atoms with Gasteiger partial charge in [-0.3, -0.25) is 4.79 Å². The summed E-state index contributed by atoms with van der Waals surface area (Å²) in [4.78, 5) is 14.0. The van der Waals surface area contributed by atoms with Crippen molar-refractivity contribution >= 4 is 34.0 Å². The van der Waals surface area contributed by atoms with Crippen LogP contribution in [0.5, 0.6) is 0 Å². The quantitative estimate of drug-likeness (QED) is 0.575. The van der Waals surface area contributed by atoms with Crippen LogP contribution in [0.25, 0.3) is 0 Å². The van der Waals surface area contributed by atoms with Gasteiger partial charge in [0, 0.05) is 16.8 Å². The third-order valence-corrected chi connectivity index (χ3v) is 8.45. The van der Waals surface area contributed by atoms with Gasteiger partial charge in [-0.15, -0.1) is 21.5 Å². The number of nitrogens with one attached hydrogen (secondary N) is 1. The first-order chi connectivity index (χ1) is 14.7. The Hall–Kier alpha value is -1.85. The molecule has 1 saturated carbocycles. The zero-order valence-electron chi connectivity index (χ0n) is 19.0. The number of nitrogens with zero attached hydrogens (tertiary/aromatic N) is 4. The average Bonchev–Trinajstić information content (AvgIpc) is 3.35. The monoisotopic (exact) mass is 457 g/mol. The van der Waals surface area contributed by atoms with Crippen LogP contribution in [0.2, 0.25) is 0 Å². The SMILES string of the molecule is CC(C)n1c(SCC(=O)Nc2sc3c(c2C#N)CCC(C(C)(C)C)C3)nnc1C1CC1. The normalized spacial score (nSPS) is 18.7. The summed E-state index contributed by atoms with van der Waals surface area (Å²) in [6, 6.07) is 2.61. The van der Waals surface area contributed by atoms with E-state index in [9.17, 15) is 10.1 Å². The number of fused-ring (bicyclic) bond motifs is 1. The minimum atomic E-state index is -0.0984. The molecule has 0 bridgehead atoms.